The van der Waals surface area contributed by atoms with E-state index in [1.165, 1.54) is 0 Å². The summed E-state index contributed by atoms with van der Waals surface area (Å²) in [7, 11) is 0. The van der Waals surface area contributed by atoms with Crippen molar-refractivity contribution in [2.24, 2.45) is 11.8 Å². The molecule has 25 heavy (non-hydrogen) atoms. The van der Waals surface area contributed by atoms with Crippen molar-refractivity contribution in [3.05, 3.63) is 0 Å². The lowest BCUT2D eigenvalue weighted by molar-refractivity contribution is -0.145. The number of hydrogen-bond donors (Lipinski definition) is 0. The van der Waals surface area contributed by atoms with Gasteiger partial charge in [-0.15, -0.1) is 0 Å². The molecule has 0 rings (SSSR count). The van der Waals surface area contributed by atoms with Crippen LogP contribution in [0.2, 0.25) is 0 Å². The van der Waals surface area contributed by atoms with E-state index in [1.54, 1.807) is 0 Å². The van der Waals surface area contributed by atoms with Crippen molar-refractivity contribution >= 4 is 11.9 Å². The summed E-state index contributed by atoms with van der Waals surface area (Å²) in [5, 5.41) is 0. The highest BCUT2D eigenvalue weighted by Gasteiger charge is 2.17. The molecule has 0 heterocycles. The van der Waals surface area contributed by atoms with Crippen LogP contribution in [0.15, 0.2) is 0 Å². The molecule has 4 nitrogen and oxygen atoms in total. The summed E-state index contributed by atoms with van der Waals surface area (Å²) in [5.41, 5.74) is 0. The number of unbranched alkanes of at least 4 members (excludes halogenated alkanes) is 4. The van der Waals surface area contributed by atoms with Gasteiger partial charge in [0.05, 0.1) is 13.2 Å². The molecule has 0 N–H and O–H groups in total. The third kappa shape index (κ3) is 13.9. The summed E-state index contributed by atoms with van der Waals surface area (Å²) in [6.07, 6.45) is 10.1. The van der Waals surface area contributed by atoms with Crippen molar-refractivity contribution in [1.29, 1.82) is 0 Å². The van der Waals surface area contributed by atoms with Gasteiger partial charge >= 0.3 is 11.9 Å². The molecule has 2 unspecified atom stereocenters. The Hall–Kier alpha value is -1.06. The molecule has 4 heteroatoms. The number of carbonyl (C=O) groups is 2. The number of esters is 2. The number of hydrogen-bond acceptors (Lipinski definition) is 4. The van der Waals surface area contributed by atoms with Gasteiger partial charge in [0.15, 0.2) is 0 Å². The van der Waals surface area contributed by atoms with Crippen LogP contribution in [0, 0.1) is 11.8 Å². The minimum absolute atomic E-state index is 0.0812. The van der Waals surface area contributed by atoms with E-state index in [-0.39, 0.29) is 11.9 Å². The van der Waals surface area contributed by atoms with Crippen molar-refractivity contribution in [2.75, 3.05) is 13.2 Å². The van der Waals surface area contributed by atoms with Gasteiger partial charge in [0, 0.05) is 12.8 Å². The minimum atomic E-state index is -0.0812. The zero-order valence-corrected chi connectivity index (χ0v) is 17.0. The van der Waals surface area contributed by atoms with Crippen LogP contribution in [0.5, 0.6) is 0 Å². The molecule has 0 spiro atoms. The highest BCUT2D eigenvalue weighted by atomic mass is 16.5. The summed E-state index contributed by atoms with van der Waals surface area (Å²) >= 11 is 0. The summed E-state index contributed by atoms with van der Waals surface area (Å²) in [6, 6.07) is 0. The van der Waals surface area contributed by atoms with E-state index >= 15 is 0 Å². The van der Waals surface area contributed by atoms with E-state index in [2.05, 4.69) is 27.7 Å². The van der Waals surface area contributed by atoms with Crippen molar-refractivity contribution in [1.82, 2.24) is 0 Å². The molecule has 2 atom stereocenters. The zero-order valence-electron chi connectivity index (χ0n) is 17.0. The fourth-order valence-corrected chi connectivity index (χ4v) is 2.78. The van der Waals surface area contributed by atoms with Gasteiger partial charge in [-0.3, -0.25) is 9.59 Å². The minimum Gasteiger partial charge on any atom is -0.465 e. The quantitative estimate of drug-likeness (QED) is 0.264. The number of carbonyl (C=O) groups excluding carboxylic acids is 2. The fourth-order valence-electron chi connectivity index (χ4n) is 2.78. The van der Waals surface area contributed by atoms with Crippen molar-refractivity contribution in [3.8, 4) is 0 Å². The first kappa shape index (κ1) is 23.9. The van der Waals surface area contributed by atoms with Crippen LogP contribution in [0.3, 0.4) is 0 Å². The lowest BCUT2D eigenvalue weighted by Gasteiger charge is -2.21. The van der Waals surface area contributed by atoms with Gasteiger partial charge in [-0.1, -0.05) is 66.2 Å². The Bertz CT molecular complexity index is 309. The molecular weight excluding hydrogens is 316 g/mol. The number of ether oxygens (including phenoxy) is 2. The van der Waals surface area contributed by atoms with Crippen LogP contribution in [0.4, 0.5) is 0 Å². The van der Waals surface area contributed by atoms with Crippen LogP contribution in [-0.4, -0.2) is 25.2 Å². The summed E-state index contributed by atoms with van der Waals surface area (Å²) in [6.45, 7) is 9.48. The Morgan fingerprint density at radius 2 is 1.08 bits per heavy atom. The fraction of sp³-hybridized carbons (Fsp3) is 0.905. The van der Waals surface area contributed by atoms with Gasteiger partial charge in [-0.25, -0.2) is 0 Å². The molecule has 0 aliphatic heterocycles. The standard InChI is InChI=1S/C21H40O4/c1-5-9-11-13-20(22)24-16-18(7-3)15-19(8-4)17-25-21(23)14-12-10-6-2/h18-19H,5-17H2,1-4H3. The lowest BCUT2D eigenvalue weighted by Crippen LogP contribution is -2.20. The average molecular weight is 357 g/mol. The van der Waals surface area contributed by atoms with Crippen LogP contribution in [-0.2, 0) is 19.1 Å². The van der Waals surface area contributed by atoms with Crippen LogP contribution >= 0.6 is 0 Å². The smallest absolute Gasteiger partial charge is 0.305 e. The third-order valence-corrected chi connectivity index (χ3v) is 4.75. The molecule has 0 fully saturated rings. The first-order chi connectivity index (χ1) is 12.1. The predicted octanol–water partition coefficient (Wildman–Crippen LogP) is 5.68. The SMILES string of the molecule is CCCCCC(=O)OCC(CC)CC(CC)COC(=O)CCCCC. The maximum Gasteiger partial charge on any atom is 0.305 e. The van der Waals surface area contributed by atoms with Crippen LogP contribution in [0.25, 0.3) is 0 Å². The Kier molecular flexibility index (Phi) is 15.7. The monoisotopic (exact) mass is 356 g/mol. The van der Waals surface area contributed by atoms with Gasteiger partial charge < -0.3 is 9.47 Å². The summed E-state index contributed by atoms with van der Waals surface area (Å²) < 4.78 is 10.9. The molecule has 0 aromatic carbocycles. The largest absolute Gasteiger partial charge is 0.465 e. The molecule has 0 amide bonds. The van der Waals surface area contributed by atoms with E-state index in [9.17, 15) is 9.59 Å². The maximum absolute atomic E-state index is 11.7. The van der Waals surface area contributed by atoms with Crippen LogP contribution < -0.4 is 0 Å². The second-order valence-electron chi connectivity index (χ2n) is 7.06. The van der Waals surface area contributed by atoms with Gasteiger partial charge in [0.25, 0.3) is 0 Å². The molecule has 0 aliphatic carbocycles. The lowest BCUT2D eigenvalue weighted by atomic mass is 9.92. The Balaban J connectivity index is 4.06. The molecular formula is C21H40O4. The molecule has 0 saturated heterocycles. The highest BCUT2D eigenvalue weighted by molar-refractivity contribution is 5.69. The average Bonchev–Trinajstić information content (AvgIpc) is 2.61. The van der Waals surface area contributed by atoms with Gasteiger partial charge in [-0.2, -0.15) is 0 Å². The first-order valence-corrected chi connectivity index (χ1v) is 10.4. The van der Waals surface area contributed by atoms with Crippen molar-refractivity contribution in [2.45, 2.75) is 98.3 Å². The maximum atomic E-state index is 11.7. The number of rotatable bonds is 16. The second kappa shape index (κ2) is 16.4. The van der Waals surface area contributed by atoms with E-state index in [0.29, 0.717) is 37.9 Å². The van der Waals surface area contributed by atoms with Crippen molar-refractivity contribution < 1.29 is 19.1 Å². The zero-order chi connectivity index (χ0) is 18.9. The third-order valence-electron chi connectivity index (χ3n) is 4.75. The molecule has 0 aromatic heterocycles. The molecule has 0 aromatic rings. The van der Waals surface area contributed by atoms with Crippen LogP contribution in [0.1, 0.15) is 98.3 Å². The highest BCUT2D eigenvalue weighted by Crippen LogP contribution is 2.20. The molecule has 0 radical (unpaired) electrons. The molecule has 148 valence electrons. The van der Waals surface area contributed by atoms with Gasteiger partial charge in [0.1, 0.15) is 0 Å². The van der Waals surface area contributed by atoms with E-state index in [0.717, 1.165) is 57.8 Å². The molecule has 0 bridgehead atoms. The molecule has 0 aliphatic rings. The van der Waals surface area contributed by atoms with Gasteiger partial charge in [-0.05, 0) is 31.1 Å². The van der Waals surface area contributed by atoms with E-state index in [1.807, 2.05) is 0 Å². The van der Waals surface area contributed by atoms with Crippen molar-refractivity contribution in [3.63, 3.8) is 0 Å². The topological polar surface area (TPSA) is 52.6 Å². The summed E-state index contributed by atoms with van der Waals surface area (Å²) in [5.74, 6) is 0.530. The Labute approximate surface area is 155 Å². The predicted molar refractivity (Wildman–Crippen MR) is 102 cm³/mol. The Morgan fingerprint density at radius 3 is 1.40 bits per heavy atom. The summed E-state index contributed by atoms with van der Waals surface area (Å²) in [4.78, 5) is 23.5. The normalized spacial score (nSPS) is 13.3. The molecule has 0 saturated carbocycles. The van der Waals surface area contributed by atoms with Gasteiger partial charge in [0.2, 0.25) is 0 Å². The second-order valence-corrected chi connectivity index (χ2v) is 7.06. The van der Waals surface area contributed by atoms with E-state index < -0.39 is 0 Å². The Morgan fingerprint density at radius 1 is 0.680 bits per heavy atom. The van der Waals surface area contributed by atoms with E-state index in [4.69, 9.17) is 9.47 Å². The first-order valence-electron chi connectivity index (χ1n) is 10.4.